The Morgan fingerprint density at radius 3 is 2.41 bits per heavy atom. The standard InChI is InChI=1S/C13H19NO3/c1-13(2,9-15)7-10-5-3-4-6-11(10)8-14-12(16)17/h3-6,14-15H,7-9H2,1-2H3,(H,16,17). The van der Waals surface area contributed by atoms with Crippen LogP contribution in [0.15, 0.2) is 24.3 Å². The second-order valence-electron chi connectivity index (χ2n) is 4.93. The average molecular weight is 237 g/mol. The maximum Gasteiger partial charge on any atom is 0.404 e. The van der Waals surface area contributed by atoms with Gasteiger partial charge in [-0.3, -0.25) is 0 Å². The summed E-state index contributed by atoms with van der Waals surface area (Å²) in [4.78, 5) is 10.5. The van der Waals surface area contributed by atoms with Crippen LogP contribution in [-0.2, 0) is 13.0 Å². The van der Waals surface area contributed by atoms with Crippen molar-refractivity contribution in [2.75, 3.05) is 6.61 Å². The summed E-state index contributed by atoms with van der Waals surface area (Å²) in [5.41, 5.74) is 1.83. The van der Waals surface area contributed by atoms with E-state index in [4.69, 9.17) is 5.11 Å². The summed E-state index contributed by atoms with van der Waals surface area (Å²) in [6.45, 7) is 4.36. The van der Waals surface area contributed by atoms with Gasteiger partial charge in [0.25, 0.3) is 0 Å². The molecule has 0 aliphatic carbocycles. The van der Waals surface area contributed by atoms with Crippen LogP contribution in [0.3, 0.4) is 0 Å². The molecular formula is C13H19NO3. The van der Waals surface area contributed by atoms with E-state index < -0.39 is 6.09 Å². The zero-order valence-electron chi connectivity index (χ0n) is 10.2. The summed E-state index contributed by atoms with van der Waals surface area (Å²) >= 11 is 0. The third-order valence-electron chi connectivity index (χ3n) is 2.65. The van der Waals surface area contributed by atoms with E-state index in [1.54, 1.807) is 0 Å². The smallest absolute Gasteiger partial charge is 0.404 e. The zero-order valence-corrected chi connectivity index (χ0v) is 10.2. The van der Waals surface area contributed by atoms with Crippen LogP contribution in [0.4, 0.5) is 4.79 Å². The molecule has 94 valence electrons. The van der Waals surface area contributed by atoms with Gasteiger partial charge >= 0.3 is 6.09 Å². The number of nitrogens with one attached hydrogen (secondary N) is 1. The van der Waals surface area contributed by atoms with Crippen LogP contribution in [0.2, 0.25) is 0 Å². The molecule has 17 heavy (non-hydrogen) atoms. The van der Waals surface area contributed by atoms with Crippen LogP contribution in [-0.4, -0.2) is 22.9 Å². The van der Waals surface area contributed by atoms with Crippen molar-refractivity contribution in [1.82, 2.24) is 5.32 Å². The molecule has 4 nitrogen and oxygen atoms in total. The van der Waals surface area contributed by atoms with Gasteiger partial charge in [-0.25, -0.2) is 4.79 Å². The lowest BCUT2D eigenvalue weighted by Crippen LogP contribution is -2.23. The molecule has 0 spiro atoms. The lowest BCUT2D eigenvalue weighted by molar-refractivity contribution is 0.159. The van der Waals surface area contributed by atoms with Gasteiger partial charge in [-0.05, 0) is 23.0 Å². The van der Waals surface area contributed by atoms with Crippen molar-refractivity contribution in [2.24, 2.45) is 5.41 Å². The van der Waals surface area contributed by atoms with E-state index in [2.05, 4.69) is 5.32 Å². The molecule has 0 aliphatic heterocycles. The molecule has 0 aliphatic rings. The van der Waals surface area contributed by atoms with Crippen LogP contribution in [0.5, 0.6) is 0 Å². The highest BCUT2D eigenvalue weighted by atomic mass is 16.4. The van der Waals surface area contributed by atoms with E-state index in [1.165, 1.54) is 0 Å². The van der Waals surface area contributed by atoms with Gasteiger partial charge in [0.15, 0.2) is 0 Å². The molecule has 3 N–H and O–H groups in total. The Morgan fingerprint density at radius 2 is 1.88 bits per heavy atom. The fourth-order valence-electron chi connectivity index (χ4n) is 1.64. The molecular weight excluding hydrogens is 218 g/mol. The number of aliphatic hydroxyl groups is 1. The number of carboxylic acid groups (broad SMARTS) is 1. The van der Waals surface area contributed by atoms with Crippen molar-refractivity contribution in [3.8, 4) is 0 Å². The van der Waals surface area contributed by atoms with E-state index >= 15 is 0 Å². The van der Waals surface area contributed by atoms with Crippen molar-refractivity contribution in [3.05, 3.63) is 35.4 Å². The van der Waals surface area contributed by atoms with Crippen LogP contribution in [0.1, 0.15) is 25.0 Å². The number of hydrogen-bond donors (Lipinski definition) is 3. The Labute approximate surface area is 101 Å². The number of amides is 1. The number of rotatable bonds is 5. The predicted octanol–water partition coefficient (Wildman–Crippen LogP) is 2.02. The third-order valence-corrected chi connectivity index (χ3v) is 2.65. The highest BCUT2D eigenvalue weighted by molar-refractivity contribution is 5.64. The number of hydrogen-bond acceptors (Lipinski definition) is 2. The Kier molecular flexibility index (Phi) is 4.52. The molecule has 1 aromatic carbocycles. The molecule has 0 unspecified atom stereocenters. The van der Waals surface area contributed by atoms with E-state index in [1.807, 2.05) is 38.1 Å². The molecule has 0 heterocycles. The minimum atomic E-state index is -1.03. The van der Waals surface area contributed by atoms with Crippen LogP contribution in [0, 0.1) is 5.41 Å². The molecule has 0 bridgehead atoms. The van der Waals surface area contributed by atoms with Gasteiger partial charge in [0.1, 0.15) is 0 Å². The number of aliphatic hydroxyl groups excluding tert-OH is 1. The first-order valence-electron chi connectivity index (χ1n) is 5.59. The van der Waals surface area contributed by atoms with Crippen LogP contribution >= 0.6 is 0 Å². The van der Waals surface area contributed by atoms with Crippen LogP contribution in [0.25, 0.3) is 0 Å². The largest absolute Gasteiger partial charge is 0.465 e. The first-order valence-corrected chi connectivity index (χ1v) is 5.59. The molecule has 1 rings (SSSR count). The minimum Gasteiger partial charge on any atom is -0.465 e. The Balaban J connectivity index is 2.80. The highest BCUT2D eigenvalue weighted by Crippen LogP contribution is 2.23. The molecule has 0 aromatic heterocycles. The van der Waals surface area contributed by atoms with E-state index in [9.17, 15) is 9.90 Å². The summed E-state index contributed by atoms with van der Waals surface area (Å²) in [7, 11) is 0. The van der Waals surface area contributed by atoms with Crippen molar-refractivity contribution in [2.45, 2.75) is 26.8 Å². The third kappa shape index (κ3) is 4.44. The summed E-state index contributed by atoms with van der Waals surface area (Å²) in [5.74, 6) is 0. The fraction of sp³-hybridized carbons (Fsp3) is 0.462. The SMILES string of the molecule is CC(C)(CO)Cc1ccccc1CNC(=O)O. The Hall–Kier alpha value is -1.55. The molecule has 0 atom stereocenters. The summed E-state index contributed by atoms with van der Waals surface area (Å²) < 4.78 is 0. The minimum absolute atomic E-state index is 0.105. The Morgan fingerprint density at radius 1 is 1.29 bits per heavy atom. The number of benzene rings is 1. The normalized spacial score (nSPS) is 11.2. The highest BCUT2D eigenvalue weighted by Gasteiger charge is 2.18. The van der Waals surface area contributed by atoms with Gasteiger partial charge in [0.05, 0.1) is 0 Å². The average Bonchev–Trinajstić information content (AvgIpc) is 2.27. The maximum atomic E-state index is 10.5. The van der Waals surface area contributed by atoms with Gasteiger partial charge in [-0.2, -0.15) is 0 Å². The van der Waals surface area contributed by atoms with E-state index in [0.29, 0.717) is 6.54 Å². The molecule has 1 aromatic rings. The predicted molar refractivity (Wildman–Crippen MR) is 65.9 cm³/mol. The second kappa shape index (κ2) is 5.68. The Bertz CT molecular complexity index is 388. The molecule has 4 heteroatoms. The summed E-state index contributed by atoms with van der Waals surface area (Å²) in [6, 6.07) is 7.68. The van der Waals surface area contributed by atoms with Crippen molar-refractivity contribution in [3.63, 3.8) is 0 Å². The van der Waals surface area contributed by atoms with Crippen molar-refractivity contribution in [1.29, 1.82) is 0 Å². The maximum absolute atomic E-state index is 10.5. The van der Waals surface area contributed by atoms with E-state index in [0.717, 1.165) is 17.5 Å². The van der Waals surface area contributed by atoms with Gasteiger partial charge in [-0.15, -0.1) is 0 Å². The lowest BCUT2D eigenvalue weighted by Gasteiger charge is -2.23. The monoisotopic (exact) mass is 237 g/mol. The zero-order chi connectivity index (χ0) is 12.9. The number of carbonyl (C=O) groups is 1. The molecule has 0 fully saturated rings. The summed E-state index contributed by atoms with van der Waals surface area (Å²) in [6.07, 6.45) is -0.303. The summed E-state index contributed by atoms with van der Waals surface area (Å²) in [5, 5.41) is 20.2. The fourth-order valence-corrected chi connectivity index (χ4v) is 1.64. The topological polar surface area (TPSA) is 69.6 Å². The lowest BCUT2D eigenvalue weighted by atomic mass is 9.85. The quantitative estimate of drug-likeness (QED) is 0.733. The van der Waals surface area contributed by atoms with Gasteiger partial charge in [0, 0.05) is 13.2 Å². The molecule has 0 radical (unpaired) electrons. The van der Waals surface area contributed by atoms with Crippen molar-refractivity contribution < 1.29 is 15.0 Å². The first kappa shape index (κ1) is 13.5. The molecule has 0 saturated carbocycles. The first-order chi connectivity index (χ1) is 7.94. The van der Waals surface area contributed by atoms with Gasteiger partial charge in [-0.1, -0.05) is 38.1 Å². The van der Waals surface area contributed by atoms with Crippen molar-refractivity contribution >= 4 is 6.09 Å². The van der Waals surface area contributed by atoms with E-state index in [-0.39, 0.29) is 12.0 Å². The molecule has 0 saturated heterocycles. The second-order valence-corrected chi connectivity index (χ2v) is 4.93. The molecule has 1 amide bonds. The van der Waals surface area contributed by atoms with Crippen LogP contribution < -0.4 is 5.32 Å². The van der Waals surface area contributed by atoms with Gasteiger partial charge in [0.2, 0.25) is 0 Å². The van der Waals surface area contributed by atoms with Gasteiger partial charge < -0.3 is 15.5 Å².